The van der Waals surface area contributed by atoms with E-state index in [1.807, 2.05) is 0 Å². The summed E-state index contributed by atoms with van der Waals surface area (Å²) in [4.78, 5) is 2.59. The first-order valence-corrected chi connectivity index (χ1v) is 9.12. The molecule has 1 fully saturated rings. The van der Waals surface area contributed by atoms with Gasteiger partial charge in [0.25, 0.3) is 0 Å². The minimum absolute atomic E-state index is 0.395. The molecule has 0 spiro atoms. The second kappa shape index (κ2) is 8.53. The first-order valence-electron chi connectivity index (χ1n) is 9.12. The molecule has 21 heavy (non-hydrogen) atoms. The van der Waals surface area contributed by atoms with Gasteiger partial charge in [0.1, 0.15) is 0 Å². The molecule has 1 saturated carbocycles. The van der Waals surface area contributed by atoms with Crippen molar-refractivity contribution in [3.63, 3.8) is 0 Å². The van der Waals surface area contributed by atoms with Crippen LogP contribution in [0.25, 0.3) is 0 Å². The van der Waals surface area contributed by atoms with Gasteiger partial charge in [0, 0.05) is 19.6 Å². The third kappa shape index (κ3) is 8.21. The predicted molar refractivity (Wildman–Crippen MR) is 94.8 cm³/mol. The van der Waals surface area contributed by atoms with Crippen LogP contribution >= 0.6 is 0 Å². The van der Waals surface area contributed by atoms with E-state index in [-0.39, 0.29) is 0 Å². The number of hydrogen-bond donors (Lipinski definition) is 1. The molecule has 0 radical (unpaired) electrons. The third-order valence-corrected chi connectivity index (χ3v) is 4.57. The van der Waals surface area contributed by atoms with Crippen LogP contribution in [0.2, 0.25) is 0 Å². The van der Waals surface area contributed by atoms with E-state index in [9.17, 15) is 0 Å². The van der Waals surface area contributed by atoms with Crippen LogP contribution in [0.15, 0.2) is 0 Å². The minimum atomic E-state index is 0.395. The summed E-state index contributed by atoms with van der Waals surface area (Å²) < 4.78 is 0. The minimum Gasteiger partial charge on any atom is -0.316 e. The average molecular weight is 297 g/mol. The lowest BCUT2D eigenvalue weighted by atomic mass is 9.79. The monoisotopic (exact) mass is 296 g/mol. The van der Waals surface area contributed by atoms with E-state index < -0.39 is 0 Å². The molecule has 0 aromatic carbocycles. The number of nitrogens with one attached hydrogen (secondary N) is 1. The molecule has 1 aliphatic carbocycles. The van der Waals surface area contributed by atoms with Gasteiger partial charge in [-0.2, -0.15) is 0 Å². The van der Waals surface area contributed by atoms with Crippen molar-refractivity contribution >= 4 is 0 Å². The van der Waals surface area contributed by atoms with Gasteiger partial charge in [-0.25, -0.2) is 0 Å². The normalized spacial score (nSPS) is 20.0. The van der Waals surface area contributed by atoms with Gasteiger partial charge < -0.3 is 10.2 Å². The van der Waals surface area contributed by atoms with Gasteiger partial charge in [-0.15, -0.1) is 0 Å². The van der Waals surface area contributed by atoms with Gasteiger partial charge in [-0.05, 0) is 43.2 Å². The van der Waals surface area contributed by atoms with Crippen LogP contribution in [0.4, 0.5) is 0 Å². The molecule has 0 saturated heterocycles. The summed E-state index contributed by atoms with van der Waals surface area (Å²) in [5.74, 6) is 0.750. The summed E-state index contributed by atoms with van der Waals surface area (Å²) in [6, 6.07) is 0. The maximum absolute atomic E-state index is 3.76. The van der Waals surface area contributed by atoms with Crippen LogP contribution in [-0.4, -0.2) is 38.1 Å². The lowest BCUT2D eigenvalue weighted by Gasteiger charge is -2.39. The molecule has 0 bridgehead atoms. The molecule has 126 valence electrons. The van der Waals surface area contributed by atoms with E-state index in [2.05, 4.69) is 51.9 Å². The zero-order chi connectivity index (χ0) is 15.9. The summed E-state index contributed by atoms with van der Waals surface area (Å²) in [6.07, 6.45) is 8.54. The SMILES string of the molecule is CC(C)CNCC1(CN(C)CC(C)(C)C)CCCCCC1. The Morgan fingerprint density at radius 1 is 1.05 bits per heavy atom. The summed E-state index contributed by atoms with van der Waals surface area (Å²) in [5, 5.41) is 3.76. The first kappa shape index (κ1) is 19.0. The zero-order valence-corrected chi connectivity index (χ0v) is 15.6. The largest absolute Gasteiger partial charge is 0.316 e. The molecule has 0 aliphatic heterocycles. The Morgan fingerprint density at radius 3 is 2.10 bits per heavy atom. The Bertz CT molecular complexity index is 270. The Hall–Kier alpha value is -0.0800. The molecule has 1 aliphatic rings. The molecule has 0 atom stereocenters. The number of hydrogen-bond acceptors (Lipinski definition) is 2. The highest BCUT2D eigenvalue weighted by atomic mass is 15.1. The predicted octanol–water partition coefficient (Wildman–Crippen LogP) is 4.55. The molecular formula is C19H40N2. The molecule has 0 aromatic heterocycles. The third-order valence-electron chi connectivity index (χ3n) is 4.57. The van der Waals surface area contributed by atoms with Crippen molar-refractivity contribution in [1.82, 2.24) is 10.2 Å². The van der Waals surface area contributed by atoms with Crippen molar-refractivity contribution in [2.24, 2.45) is 16.7 Å². The molecule has 1 N–H and O–H groups in total. The van der Waals surface area contributed by atoms with E-state index in [1.165, 1.54) is 58.2 Å². The average Bonchev–Trinajstić information content (AvgIpc) is 2.51. The first-order chi connectivity index (χ1) is 9.72. The van der Waals surface area contributed by atoms with Gasteiger partial charge in [-0.3, -0.25) is 0 Å². The maximum atomic E-state index is 3.76. The van der Waals surface area contributed by atoms with Crippen molar-refractivity contribution in [2.75, 3.05) is 33.2 Å². The fourth-order valence-electron chi connectivity index (χ4n) is 3.93. The molecule has 0 aromatic rings. The molecule has 0 unspecified atom stereocenters. The second-order valence-corrected chi connectivity index (χ2v) is 9.17. The summed E-state index contributed by atoms with van der Waals surface area (Å²) in [7, 11) is 2.32. The van der Waals surface area contributed by atoms with E-state index in [4.69, 9.17) is 0 Å². The van der Waals surface area contributed by atoms with Gasteiger partial charge >= 0.3 is 0 Å². The van der Waals surface area contributed by atoms with E-state index in [0.717, 1.165) is 12.5 Å². The number of rotatable bonds is 7. The van der Waals surface area contributed by atoms with Crippen molar-refractivity contribution in [1.29, 1.82) is 0 Å². The topological polar surface area (TPSA) is 15.3 Å². The van der Waals surface area contributed by atoms with Gasteiger partial charge in [-0.1, -0.05) is 60.3 Å². The van der Waals surface area contributed by atoms with Crippen LogP contribution in [-0.2, 0) is 0 Å². The highest BCUT2D eigenvalue weighted by molar-refractivity contribution is 4.87. The highest BCUT2D eigenvalue weighted by Gasteiger charge is 2.32. The van der Waals surface area contributed by atoms with Crippen LogP contribution in [0.5, 0.6) is 0 Å². The Labute approximate surface area is 134 Å². The quantitative estimate of drug-likeness (QED) is 0.693. The Kier molecular flexibility index (Phi) is 7.70. The fraction of sp³-hybridized carbons (Fsp3) is 1.00. The smallest absolute Gasteiger partial charge is 0.00473 e. The Morgan fingerprint density at radius 2 is 1.62 bits per heavy atom. The van der Waals surface area contributed by atoms with E-state index >= 15 is 0 Å². The van der Waals surface area contributed by atoms with E-state index in [0.29, 0.717) is 10.8 Å². The summed E-state index contributed by atoms with van der Waals surface area (Å²) in [5.41, 5.74) is 0.900. The van der Waals surface area contributed by atoms with Crippen LogP contribution in [0.3, 0.4) is 0 Å². The van der Waals surface area contributed by atoms with Crippen molar-refractivity contribution in [3.05, 3.63) is 0 Å². The fourth-order valence-corrected chi connectivity index (χ4v) is 3.93. The van der Waals surface area contributed by atoms with Crippen LogP contribution in [0.1, 0.15) is 73.1 Å². The van der Waals surface area contributed by atoms with Crippen molar-refractivity contribution in [3.8, 4) is 0 Å². The lowest BCUT2D eigenvalue weighted by molar-refractivity contribution is 0.118. The molecule has 2 nitrogen and oxygen atoms in total. The number of nitrogens with zero attached hydrogens (tertiary/aromatic N) is 1. The highest BCUT2D eigenvalue weighted by Crippen LogP contribution is 2.35. The lowest BCUT2D eigenvalue weighted by Crippen LogP contribution is -2.45. The molecule has 2 heteroatoms. The van der Waals surface area contributed by atoms with Gasteiger partial charge in [0.2, 0.25) is 0 Å². The standard InChI is InChI=1S/C19H40N2/c1-17(2)13-20-14-19(11-9-7-8-10-12-19)16-21(6)15-18(3,4)5/h17,20H,7-16H2,1-6H3. The molecule has 0 heterocycles. The summed E-state index contributed by atoms with van der Waals surface area (Å²) >= 11 is 0. The Balaban J connectivity index is 2.61. The van der Waals surface area contributed by atoms with Gasteiger partial charge in [0.15, 0.2) is 0 Å². The molecule has 1 rings (SSSR count). The zero-order valence-electron chi connectivity index (χ0n) is 15.6. The van der Waals surface area contributed by atoms with Crippen LogP contribution in [0, 0.1) is 16.7 Å². The maximum Gasteiger partial charge on any atom is 0.00473 e. The van der Waals surface area contributed by atoms with E-state index in [1.54, 1.807) is 0 Å². The van der Waals surface area contributed by atoms with Crippen molar-refractivity contribution < 1.29 is 0 Å². The molecular weight excluding hydrogens is 256 g/mol. The van der Waals surface area contributed by atoms with Gasteiger partial charge in [0.05, 0.1) is 0 Å². The molecule has 0 amide bonds. The van der Waals surface area contributed by atoms with Crippen LogP contribution < -0.4 is 5.32 Å². The van der Waals surface area contributed by atoms with Crippen molar-refractivity contribution in [2.45, 2.75) is 73.1 Å². The second-order valence-electron chi connectivity index (χ2n) is 9.17. The summed E-state index contributed by atoms with van der Waals surface area (Å²) in [6.45, 7) is 16.5.